The molecule has 96 valence electrons. The van der Waals surface area contributed by atoms with Crippen molar-refractivity contribution in [3.8, 4) is 0 Å². The molecule has 1 aliphatic heterocycles. The van der Waals surface area contributed by atoms with Crippen LogP contribution < -0.4 is 5.32 Å². The Hall–Kier alpha value is -1.08. The molecule has 0 bridgehead atoms. The van der Waals surface area contributed by atoms with Crippen LogP contribution in [0.3, 0.4) is 0 Å². The summed E-state index contributed by atoms with van der Waals surface area (Å²) < 4.78 is 42.0. The molecule has 0 spiro atoms. The summed E-state index contributed by atoms with van der Waals surface area (Å²) in [6, 6.07) is 0. The van der Waals surface area contributed by atoms with E-state index in [0.717, 1.165) is 30.9 Å². The van der Waals surface area contributed by atoms with E-state index in [9.17, 15) is 13.2 Å². The molecule has 4 nitrogen and oxygen atoms in total. The summed E-state index contributed by atoms with van der Waals surface area (Å²) in [7, 11) is 0. The Labute approximate surface area is 96.8 Å². The zero-order chi connectivity index (χ0) is 12.3. The highest BCUT2D eigenvalue weighted by atomic mass is 19.4. The van der Waals surface area contributed by atoms with Gasteiger partial charge in [-0.1, -0.05) is 0 Å². The van der Waals surface area contributed by atoms with Gasteiger partial charge >= 0.3 is 6.18 Å². The number of ether oxygens (including phenoxy) is 1. The Balaban J connectivity index is 1.81. The number of halogens is 3. The number of hydrogen-bond donors (Lipinski definition) is 1. The number of aromatic nitrogens is 2. The first kappa shape index (κ1) is 12.4. The first-order valence-electron chi connectivity index (χ1n) is 5.44. The smallest absolute Gasteiger partial charge is 0.370 e. The molecule has 0 aromatic carbocycles. The molecule has 17 heavy (non-hydrogen) atoms. The molecule has 0 radical (unpaired) electrons. The first-order chi connectivity index (χ1) is 8.06. The highest BCUT2D eigenvalue weighted by molar-refractivity contribution is 5.16. The van der Waals surface area contributed by atoms with Crippen LogP contribution in [0.1, 0.15) is 11.4 Å². The average molecular weight is 249 g/mol. The fraction of sp³-hybridized carbons (Fsp3) is 0.700. The Morgan fingerprint density at radius 2 is 2.29 bits per heavy atom. The maximum Gasteiger partial charge on any atom is 0.411 e. The van der Waals surface area contributed by atoms with E-state index >= 15 is 0 Å². The Morgan fingerprint density at radius 1 is 1.47 bits per heavy atom. The molecule has 0 saturated carbocycles. The lowest BCUT2D eigenvalue weighted by molar-refractivity contribution is -0.174. The third-order valence-corrected chi connectivity index (χ3v) is 2.61. The van der Waals surface area contributed by atoms with Crippen molar-refractivity contribution in [3.63, 3.8) is 0 Å². The molecule has 0 saturated heterocycles. The summed E-state index contributed by atoms with van der Waals surface area (Å²) in [4.78, 5) is 4.21. The van der Waals surface area contributed by atoms with Crippen LogP contribution in [0, 0.1) is 0 Å². The normalized spacial score (nSPS) is 15.9. The molecule has 1 N–H and O–H groups in total. The van der Waals surface area contributed by atoms with Crippen LogP contribution in [0.25, 0.3) is 0 Å². The molecular weight excluding hydrogens is 235 g/mol. The van der Waals surface area contributed by atoms with E-state index in [2.05, 4.69) is 15.0 Å². The summed E-state index contributed by atoms with van der Waals surface area (Å²) in [5.41, 5.74) is 2.08. The number of fused-ring (bicyclic) bond motifs is 1. The van der Waals surface area contributed by atoms with Gasteiger partial charge in [-0.05, 0) is 0 Å². The predicted octanol–water partition coefficient (Wildman–Crippen LogP) is 1.11. The van der Waals surface area contributed by atoms with Gasteiger partial charge in [-0.2, -0.15) is 13.2 Å². The molecule has 1 aromatic rings. The van der Waals surface area contributed by atoms with Crippen LogP contribution in [-0.2, 0) is 24.2 Å². The minimum absolute atomic E-state index is 0.0513. The minimum atomic E-state index is -4.25. The molecule has 2 rings (SSSR count). The van der Waals surface area contributed by atoms with Crippen molar-refractivity contribution < 1.29 is 17.9 Å². The van der Waals surface area contributed by atoms with Gasteiger partial charge in [-0.15, -0.1) is 0 Å². The molecule has 0 atom stereocenters. The molecule has 0 unspecified atom stereocenters. The third kappa shape index (κ3) is 3.44. The fourth-order valence-electron chi connectivity index (χ4n) is 1.84. The molecule has 0 aliphatic carbocycles. The van der Waals surface area contributed by atoms with Gasteiger partial charge in [0.2, 0.25) is 0 Å². The summed E-state index contributed by atoms with van der Waals surface area (Å²) in [6.07, 6.45) is -1.73. The maximum atomic E-state index is 11.8. The molecule has 2 heterocycles. The molecule has 0 fully saturated rings. The molecule has 0 amide bonds. The van der Waals surface area contributed by atoms with E-state index in [-0.39, 0.29) is 6.61 Å². The lowest BCUT2D eigenvalue weighted by Crippen LogP contribution is -2.25. The van der Waals surface area contributed by atoms with Gasteiger partial charge in [-0.3, -0.25) is 0 Å². The van der Waals surface area contributed by atoms with Gasteiger partial charge in [0.05, 0.1) is 18.6 Å². The largest absolute Gasteiger partial charge is 0.411 e. The van der Waals surface area contributed by atoms with Crippen LogP contribution in [0.5, 0.6) is 0 Å². The number of alkyl halides is 3. The zero-order valence-electron chi connectivity index (χ0n) is 9.26. The summed E-state index contributed by atoms with van der Waals surface area (Å²) >= 11 is 0. The molecule has 1 aliphatic rings. The number of imidazole rings is 1. The maximum absolute atomic E-state index is 11.8. The van der Waals surface area contributed by atoms with Crippen molar-refractivity contribution >= 4 is 0 Å². The second-order valence-corrected chi connectivity index (χ2v) is 3.93. The van der Waals surface area contributed by atoms with Crippen molar-refractivity contribution in [2.75, 3.05) is 19.8 Å². The van der Waals surface area contributed by atoms with Crippen molar-refractivity contribution in [2.24, 2.45) is 0 Å². The number of nitrogens with zero attached hydrogens (tertiary/aromatic N) is 2. The van der Waals surface area contributed by atoms with Gasteiger partial charge < -0.3 is 14.6 Å². The highest BCUT2D eigenvalue weighted by Crippen LogP contribution is 2.15. The van der Waals surface area contributed by atoms with Gasteiger partial charge in [-0.25, -0.2) is 4.98 Å². The lowest BCUT2D eigenvalue weighted by atomic mass is 10.2. The van der Waals surface area contributed by atoms with Crippen LogP contribution >= 0.6 is 0 Å². The Kier molecular flexibility index (Phi) is 3.68. The van der Waals surface area contributed by atoms with E-state index in [0.29, 0.717) is 6.54 Å². The Bertz CT molecular complexity index is 375. The third-order valence-electron chi connectivity index (χ3n) is 2.61. The van der Waals surface area contributed by atoms with Crippen LogP contribution in [0.4, 0.5) is 13.2 Å². The first-order valence-corrected chi connectivity index (χ1v) is 5.44. The summed E-state index contributed by atoms with van der Waals surface area (Å²) in [5, 5.41) is 3.19. The molecule has 1 aromatic heterocycles. The van der Waals surface area contributed by atoms with Gasteiger partial charge in [0.25, 0.3) is 0 Å². The monoisotopic (exact) mass is 249 g/mol. The summed E-state index contributed by atoms with van der Waals surface area (Å²) in [6.45, 7) is 0.882. The number of nitrogens with one attached hydrogen (secondary N) is 1. The predicted molar refractivity (Wildman–Crippen MR) is 54.5 cm³/mol. The second-order valence-electron chi connectivity index (χ2n) is 3.93. The van der Waals surface area contributed by atoms with E-state index < -0.39 is 12.8 Å². The fourth-order valence-corrected chi connectivity index (χ4v) is 1.84. The van der Waals surface area contributed by atoms with Crippen molar-refractivity contribution in [2.45, 2.75) is 25.7 Å². The zero-order valence-corrected chi connectivity index (χ0v) is 9.26. The van der Waals surface area contributed by atoms with Crippen LogP contribution in [-0.4, -0.2) is 35.5 Å². The summed E-state index contributed by atoms with van der Waals surface area (Å²) in [5.74, 6) is 0. The van der Waals surface area contributed by atoms with E-state index in [4.69, 9.17) is 0 Å². The average Bonchev–Trinajstić information content (AvgIpc) is 2.67. The van der Waals surface area contributed by atoms with Crippen LogP contribution in [0.2, 0.25) is 0 Å². The van der Waals surface area contributed by atoms with Crippen molar-refractivity contribution in [3.05, 3.63) is 17.7 Å². The highest BCUT2D eigenvalue weighted by Gasteiger charge is 2.27. The second kappa shape index (κ2) is 5.05. The minimum Gasteiger partial charge on any atom is -0.370 e. The van der Waals surface area contributed by atoms with Gasteiger partial charge in [0.15, 0.2) is 0 Å². The standard InChI is InChI=1S/C10H14F3N3O/c11-10(12,13)6-17-4-3-16-7-15-8-5-14-2-1-9(8)16/h7,14H,1-6H2. The topological polar surface area (TPSA) is 39.1 Å². The number of rotatable bonds is 4. The Morgan fingerprint density at radius 3 is 3.06 bits per heavy atom. The SMILES string of the molecule is FC(F)(F)COCCn1cnc2c1CCNC2. The van der Waals surface area contributed by atoms with Gasteiger partial charge in [0, 0.05) is 31.7 Å². The van der Waals surface area contributed by atoms with E-state index in [1.54, 1.807) is 6.33 Å². The molecular formula is C10H14F3N3O. The lowest BCUT2D eigenvalue weighted by Gasteiger charge is -2.15. The quantitative estimate of drug-likeness (QED) is 0.812. The van der Waals surface area contributed by atoms with Crippen molar-refractivity contribution in [1.82, 2.24) is 14.9 Å². The van der Waals surface area contributed by atoms with Crippen LogP contribution in [0.15, 0.2) is 6.33 Å². The number of hydrogen-bond acceptors (Lipinski definition) is 3. The van der Waals surface area contributed by atoms with E-state index in [1.807, 2.05) is 4.57 Å². The van der Waals surface area contributed by atoms with Gasteiger partial charge in [0.1, 0.15) is 6.61 Å². The van der Waals surface area contributed by atoms with E-state index in [1.165, 1.54) is 0 Å². The molecule has 7 heteroatoms. The van der Waals surface area contributed by atoms with Crippen molar-refractivity contribution in [1.29, 1.82) is 0 Å².